The molecular weight excluding hydrogens is 400 g/mol. The van der Waals surface area contributed by atoms with Gasteiger partial charge in [0.25, 0.3) is 6.47 Å². The number of carboxylic acid groups (broad SMARTS) is 1. The minimum Gasteiger partial charge on any atom is -0.483 e. The van der Waals surface area contributed by atoms with Gasteiger partial charge in [-0.15, -0.1) is 0 Å². The fourth-order valence-electron chi connectivity index (χ4n) is 5.27. The minimum absolute atomic E-state index is 0.153. The van der Waals surface area contributed by atoms with Crippen molar-refractivity contribution in [1.29, 1.82) is 0 Å². The Morgan fingerprint density at radius 1 is 1.23 bits per heavy atom. The van der Waals surface area contributed by atoms with Crippen LogP contribution in [0, 0.1) is 18.8 Å². The van der Waals surface area contributed by atoms with Crippen molar-refractivity contribution in [2.75, 3.05) is 44.4 Å². The van der Waals surface area contributed by atoms with Crippen LogP contribution in [0.3, 0.4) is 0 Å². The number of benzene rings is 1. The fraction of sp³-hybridized carbons (Fsp3) is 0.652. The summed E-state index contributed by atoms with van der Waals surface area (Å²) in [6.07, 6.45) is 2.65. The van der Waals surface area contributed by atoms with E-state index in [9.17, 15) is 4.79 Å². The van der Waals surface area contributed by atoms with Crippen LogP contribution in [0.2, 0.25) is 0 Å². The second-order valence-corrected chi connectivity index (χ2v) is 9.54. The van der Waals surface area contributed by atoms with Crippen LogP contribution in [0.25, 0.3) is 0 Å². The molecule has 3 aliphatic rings. The highest BCUT2D eigenvalue weighted by Gasteiger charge is 2.50. The summed E-state index contributed by atoms with van der Waals surface area (Å²) in [5, 5.41) is 6.89. The normalized spacial score (nSPS) is 26.7. The van der Waals surface area contributed by atoms with Crippen molar-refractivity contribution in [3.05, 3.63) is 35.4 Å². The van der Waals surface area contributed by atoms with Gasteiger partial charge in [0.1, 0.15) is 6.61 Å². The van der Waals surface area contributed by atoms with Gasteiger partial charge in [0.2, 0.25) is 5.91 Å². The lowest BCUT2D eigenvalue weighted by atomic mass is 9.87. The summed E-state index contributed by atoms with van der Waals surface area (Å²) in [5.74, 6) is 3.90. The van der Waals surface area contributed by atoms with E-state index in [0.29, 0.717) is 18.4 Å². The molecule has 4 rings (SSSR count). The molecule has 0 unspecified atom stereocenters. The zero-order valence-corrected chi connectivity index (χ0v) is 18.9. The molecule has 0 aromatic heterocycles. The molecule has 30 heavy (non-hydrogen) atoms. The summed E-state index contributed by atoms with van der Waals surface area (Å²) in [5.41, 5.74) is 2.63. The van der Waals surface area contributed by atoms with Crippen LogP contribution in [0.1, 0.15) is 36.9 Å². The van der Waals surface area contributed by atoms with Crippen molar-refractivity contribution in [2.45, 2.75) is 38.8 Å². The number of hydrogen-bond donors (Lipinski definition) is 1. The number of rotatable bonds is 5. The largest absolute Gasteiger partial charge is 0.483 e. The third-order valence-corrected chi connectivity index (χ3v) is 7.71. The molecule has 7 heteroatoms. The number of carbonyl (C=O) groups excluding carboxylic acids is 1. The fourth-order valence-corrected chi connectivity index (χ4v) is 6.36. The van der Waals surface area contributed by atoms with E-state index in [1.165, 1.54) is 35.5 Å². The number of fused-ring (bicyclic) bond motifs is 1. The quantitative estimate of drug-likeness (QED) is 0.719. The van der Waals surface area contributed by atoms with Crippen molar-refractivity contribution in [1.82, 2.24) is 9.80 Å². The average molecular weight is 435 g/mol. The highest BCUT2D eigenvalue weighted by Crippen LogP contribution is 2.46. The second kappa shape index (κ2) is 11.2. The van der Waals surface area contributed by atoms with E-state index in [0.717, 1.165) is 25.7 Å². The van der Waals surface area contributed by atoms with Crippen molar-refractivity contribution in [3.63, 3.8) is 0 Å². The first-order valence-electron chi connectivity index (χ1n) is 10.9. The van der Waals surface area contributed by atoms with Crippen LogP contribution >= 0.6 is 11.8 Å². The number of ether oxygens (including phenoxy) is 1. The van der Waals surface area contributed by atoms with Gasteiger partial charge in [-0.2, -0.15) is 11.8 Å². The summed E-state index contributed by atoms with van der Waals surface area (Å²) >= 11 is 2.10. The van der Waals surface area contributed by atoms with Gasteiger partial charge in [0.15, 0.2) is 0 Å². The molecule has 0 bridgehead atoms. The van der Waals surface area contributed by atoms with Crippen LogP contribution in [-0.4, -0.2) is 77.7 Å². The predicted molar refractivity (Wildman–Crippen MR) is 120 cm³/mol. The third-order valence-electron chi connectivity index (χ3n) is 6.66. The average Bonchev–Trinajstić information content (AvgIpc) is 3.32. The number of hydrogen-bond acceptors (Lipinski definition) is 5. The van der Waals surface area contributed by atoms with E-state index in [1.807, 2.05) is 6.92 Å². The van der Waals surface area contributed by atoms with E-state index < -0.39 is 0 Å². The van der Waals surface area contributed by atoms with Gasteiger partial charge in [-0.25, -0.2) is 0 Å². The van der Waals surface area contributed by atoms with Gasteiger partial charge in [-0.1, -0.05) is 24.3 Å². The van der Waals surface area contributed by atoms with Crippen LogP contribution in [0.15, 0.2) is 24.3 Å². The predicted octanol–water partition coefficient (Wildman–Crippen LogP) is 3.06. The second-order valence-electron chi connectivity index (χ2n) is 8.31. The number of carbonyl (C=O) groups is 2. The lowest BCUT2D eigenvalue weighted by Gasteiger charge is -2.34. The van der Waals surface area contributed by atoms with Crippen LogP contribution in [0.4, 0.5) is 0 Å². The molecule has 0 aliphatic carbocycles. The zero-order chi connectivity index (χ0) is 21.5. The number of nitrogens with zero attached hydrogens (tertiary/aromatic N) is 2. The van der Waals surface area contributed by atoms with Gasteiger partial charge in [-0.05, 0) is 55.2 Å². The molecule has 6 nitrogen and oxygen atoms in total. The number of thioether (sulfide) groups is 1. The molecule has 3 aliphatic heterocycles. The SMILES string of the molecule is CCOCC(=O)N1C[C@@H]2CN(C3CCSCC3)C[C@@H]2[C@H]1c1ccccc1C.O=CO. The van der Waals surface area contributed by atoms with Crippen LogP contribution in [-0.2, 0) is 14.3 Å². The molecule has 1 N–H and O–H groups in total. The molecule has 0 saturated carbocycles. The molecule has 0 spiro atoms. The van der Waals surface area contributed by atoms with Crippen molar-refractivity contribution < 1.29 is 19.4 Å². The van der Waals surface area contributed by atoms with Crippen molar-refractivity contribution >= 4 is 24.1 Å². The Morgan fingerprint density at radius 2 is 1.93 bits per heavy atom. The Balaban J connectivity index is 0.000000806. The molecule has 1 amide bonds. The van der Waals surface area contributed by atoms with Gasteiger partial charge < -0.3 is 14.7 Å². The monoisotopic (exact) mass is 434 g/mol. The Morgan fingerprint density at radius 3 is 2.60 bits per heavy atom. The Kier molecular flexibility index (Phi) is 8.60. The standard InChI is InChI=1S/C22H32N2O2S.CH2O2/c1-3-26-15-21(25)24-13-17-12-23(18-8-10-27-11-9-18)14-20(17)22(24)19-7-5-4-6-16(19)2;2-1-3/h4-7,17-18,20,22H,3,8-15H2,1-2H3;1H,(H,2,3)/t17-,20-,22+;/m0./s1. The van der Waals surface area contributed by atoms with Crippen LogP contribution < -0.4 is 0 Å². The molecular formula is C23H34N2O4S. The van der Waals surface area contributed by atoms with Gasteiger partial charge in [-0.3, -0.25) is 14.5 Å². The third kappa shape index (κ3) is 5.18. The topological polar surface area (TPSA) is 70.1 Å². The first-order chi connectivity index (χ1) is 14.6. The molecule has 0 radical (unpaired) electrons. The smallest absolute Gasteiger partial charge is 0.290 e. The first-order valence-corrected chi connectivity index (χ1v) is 12.1. The van der Waals surface area contributed by atoms with Crippen LogP contribution in [0.5, 0.6) is 0 Å². The maximum absolute atomic E-state index is 12.9. The lowest BCUT2D eigenvalue weighted by molar-refractivity contribution is -0.137. The van der Waals surface area contributed by atoms with E-state index in [2.05, 4.69) is 52.8 Å². The van der Waals surface area contributed by atoms with E-state index in [-0.39, 0.29) is 25.0 Å². The first kappa shape index (κ1) is 23.1. The lowest BCUT2D eigenvalue weighted by Crippen LogP contribution is -2.41. The summed E-state index contributed by atoms with van der Waals surface area (Å²) in [6, 6.07) is 9.57. The summed E-state index contributed by atoms with van der Waals surface area (Å²) in [7, 11) is 0. The van der Waals surface area contributed by atoms with Gasteiger partial charge >= 0.3 is 0 Å². The molecule has 3 saturated heterocycles. The van der Waals surface area contributed by atoms with E-state index in [4.69, 9.17) is 14.6 Å². The van der Waals surface area contributed by atoms with E-state index >= 15 is 0 Å². The molecule has 1 aromatic rings. The van der Waals surface area contributed by atoms with Crippen molar-refractivity contribution in [2.24, 2.45) is 11.8 Å². The Labute approximate surface area is 183 Å². The van der Waals surface area contributed by atoms with E-state index in [1.54, 1.807) is 0 Å². The Bertz CT molecular complexity index is 710. The highest BCUT2D eigenvalue weighted by molar-refractivity contribution is 7.99. The van der Waals surface area contributed by atoms with Gasteiger partial charge in [0, 0.05) is 38.2 Å². The zero-order valence-electron chi connectivity index (χ0n) is 18.0. The molecule has 3 fully saturated rings. The molecule has 3 heterocycles. The summed E-state index contributed by atoms with van der Waals surface area (Å²) in [6.45, 7) is 7.85. The molecule has 166 valence electrons. The number of aryl methyl sites for hydroxylation is 1. The maximum Gasteiger partial charge on any atom is 0.290 e. The minimum atomic E-state index is -0.250. The number of amides is 1. The molecule has 3 atom stereocenters. The highest BCUT2D eigenvalue weighted by atomic mass is 32.2. The summed E-state index contributed by atoms with van der Waals surface area (Å²) < 4.78 is 5.46. The maximum atomic E-state index is 12.9. The van der Waals surface area contributed by atoms with Crippen molar-refractivity contribution in [3.8, 4) is 0 Å². The number of likely N-dealkylation sites (tertiary alicyclic amines) is 2. The Hall–Kier alpha value is -1.57. The summed E-state index contributed by atoms with van der Waals surface area (Å²) in [4.78, 5) is 26.1. The van der Waals surface area contributed by atoms with Gasteiger partial charge in [0.05, 0.1) is 6.04 Å². The molecule has 1 aromatic carbocycles.